The van der Waals surface area contributed by atoms with Gasteiger partial charge in [-0.3, -0.25) is 4.79 Å². The maximum Gasteiger partial charge on any atom is 0.263 e. The van der Waals surface area contributed by atoms with Crippen LogP contribution in [0.25, 0.3) is 0 Å². The lowest BCUT2D eigenvalue weighted by Gasteiger charge is -2.29. The molecular weight excluding hydrogens is 256 g/mol. The zero-order valence-corrected chi connectivity index (χ0v) is 12.0. The molecule has 110 valence electrons. The molecule has 0 aliphatic carbocycles. The molecule has 5 heteroatoms. The Kier molecular flexibility index (Phi) is 4.98. The first-order chi connectivity index (χ1) is 9.58. The third-order valence-corrected chi connectivity index (χ3v) is 3.37. The van der Waals surface area contributed by atoms with Crippen LogP contribution in [-0.2, 0) is 9.53 Å². The van der Waals surface area contributed by atoms with E-state index in [0.717, 1.165) is 5.56 Å². The number of nitrogens with zero attached hydrogens (tertiary/aromatic N) is 1. The van der Waals surface area contributed by atoms with Gasteiger partial charge < -0.3 is 20.1 Å². The molecule has 2 atom stereocenters. The molecule has 1 heterocycles. The number of benzene rings is 1. The van der Waals surface area contributed by atoms with Crippen molar-refractivity contribution in [2.45, 2.75) is 26.0 Å². The lowest BCUT2D eigenvalue weighted by molar-refractivity contribution is -0.142. The van der Waals surface area contributed by atoms with E-state index >= 15 is 0 Å². The lowest BCUT2D eigenvalue weighted by atomic mass is 10.1. The zero-order valence-electron chi connectivity index (χ0n) is 12.0. The summed E-state index contributed by atoms with van der Waals surface area (Å²) in [5.41, 5.74) is 6.84. The maximum absolute atomic E-state index is 12.2. The van der Waals surface area contributed by atoms with E-state index in [1.807, 2.05) is 31.2 Å². The normalized spacial score (nSPS) is 18.4. The summed E-state index contributed by atoms with van der Waals surface area (Å²) in [6.45, 7) is 6.15. The zero-order chi connectivity index (χ0) is 14.5. The van der Waals surface area contributed by atoms with Crippen LogP contribution in [0.4, 0.5) is 0 Å². The van der Waals surface area contributed by atoms with Crippen LogP contribution >= 0.6 is 0 Å². The quantitative estimate of drug-likeness (QED) is 0.902. The molecule has 1 aliphatic heterocycles. The van der Waals surface area contributed by atoms with E-state index in [1.165, 1.54) is 0 Å². The van der Waals surface area contributed by atoms with Gasteiger partial charge >= 0.3 is 0 Å². The van der Waals surface area contributed by atoms with Crippen LogP contribution in [0.5, 0.6) is 5.75 Å². The SMILES string of the molecule is CC(Oc1cccc(C(C)N)c1)C(=O)N1CCOCC1. The summed E-state index contributed by atoms with van der Waals surface area (Å²) in [4.78, 5) is 14.0. The molecule has 1 aliphatic rings. The fourth-order valence-electron chi connectivity index (χ4n) is 2.17. The number of nitrogens with two attached hydrogens (primary N) is 1. The van der Waals surface area contributed by atoms with Crippen molar-refractivity contribution >= 4 is 5.91 Å². The standard InChI is InChI=1S/C15H22N2O3/c1-11(16)13-4-3-5-14(10-13)20-12(2)15(18)17-6-8-19-9-7-17/h3-5,10-12H,6-9,16H2,1-2H3. The summed E-state index contributed by atoms with van der Waals surface area (Å²) < 4.78 is 11.0. The van der Waals surface area contributed by atoms with E-state index in [2.05, 4.69) is 0 Å². The average molecular weight is 278 g/mol. The molecule has 20 heavy (non-hydrogen) atoms. The average Bonchev–Trinajstić information content (AvgIpc) is 2.47. The lowest BCUT2D eigenvalue weighted by Crippen LogP contribution is -2.46. The highest BCUT2D eigenvalue weighted by Gasteiger charge is 2.23. The van der Waals surface area contributed by atoms with Crippen molar-refractivity contribution in [3.63, 3.8) is 0 Å². The van der Waals surface area contributed by atoms with Gasteiger partial charge in [-0.05, 0) is 31.5 Å². The van der Waals surface area contributed by atoms with Crippen molar-refractivity contribution < 1.29 is 14.3 Å². The van der Waals surface area contributed by atoms with Crippen LogP contribution in [0.1, 0.15) is 25.5 Å². The Morgan fingerprint density at radius 3 is 2.70 bits per heavy atom. The summed E-state index contributed by atoms with van der Waals surface area (Å²) in [7, 11) is 0. The molecule has 0 spiro atoms. The molecule has 0 saturated carbocycles. The van der Waals surface area contributed by atoms with Crippen LogP contribution in [0.2, 0.25) is 0 Å². The molecule has 1 aromatic rings. The van der Waals surface area contributed by atoms with Crippen molar-refractivity contribution in [1.29, 1.82) is 0 Å². The molecule has 1 fully saturated rings. The van der Waals surface area contributed by atoms with Crippen molar-refractivity contribution in [1.82, 2.24) is 4.90 Å². The first-order valence-corrected chi connectivity index (χ1v) is 6.96. The Hall–Kier alpha value is -1.59. The number of carbonyl (C=O) groups excluding carboxylic acids is 1. The van der Waals surface area contributed by atoms with Crippen molar-refractivity contribution in [3.05, 3.63) is 29.8 Å². The topological polar surface area (TPSA) is 64.8 Å². The van der Waals surface area contributed by atoms with Gasteiger partial charge in [-0.25, -0.2) is 0 Å². The van der Waals surface area contributed by atoms with E-state index in [1.54, 1.807) is 11.8 Å². The molecule has 0 radical (unpaired) electrons. The largest absolute Gasteiger partial charge is 0.481 e. The Balaban J connectivity index is 1.97. The van der Waals surface area contributed by atoms with Crippen molar-refractivity contribution in [3.8, 4) is 5.75 Å². The van der Waals surface area contributed by atoms with Gasteiger partial charge in [0.1, 0.15) is 5.75 Å². The molecule has 1 saturated heterocycles. The van der Waals surface area contributed by atoms with E-state index in [9.17, 15) is 4.79 Å². The van der Waals surface area contributed by atoms with Crippen molar-refractivity contribution in [2.24, 2.45) is 5.73 Å². The van der Waals surface area contributed by atoms with Gasteiger partial charge in [0, 0.05) is 19.1 Å². The Labute approximate surface area is 119 Å². The van der Waals surface area contributed by atoms with Gasteiger partial charge in [-0.2, -0.15) is 0 Å². The van der Waals surface area contributed by atoms with E-state index < -0.39 is 6.10 Å². The van der Waals surface area contributed by atoms with Gasteiger partial charge in [0.05, 0.1) is 13.2 Å². The Bertz CT molecular complexity index is 456. The van der Waals surface area contributed by atoms with Gasteiger partial charge in [0.15, 0.2) is 6.10 Å². The second kappa shape index (κ2) is 6.72. The van der Waals surface area contributed by atoms with Gasteiger partial charge in [0.25, 0.3) is 5.91 Å². The highest BCUT2D eigenvalue weighted by molar-refractivity contribution is 5.81. The Morgan fingerprint density at radius 2 is 2.05 bits per heavy atom. The molecule has 2 unspecified atom stereocenters. The Morgan fingerprint density at radius 1 is 1.35 bits per heavy atom. The molecular formula is C15H22N2O3. The number of hydrogen-bond donors (Lipinski definition) is 1. The predicted molar refractivity (Wildman–Crippen MR) is 76.5 cm³/mol. The number of hydrogen-bond acceptors (Lipinski definition) is 4. The maximum atomic E-state index is 12.2. The molecule has 0 aromatic heterocycles. The highest BCUT2D eigenvalue weighted by Crippen LogP contribution is 2.19. The minimum Gasteiger partial charge on any atom is -0.481 e. The second-order valence-corrected chi connectivity index (χ2v) is 5.06. The van der Waals surface area contributed by atoms with Gasteiger partial charge in [0.2, 0.25) is 0 Å². The molecule has 1 aromatic carbocycles. The fourth-order valence-corrected chi connectivity index (χ4v) is 2.17. The summed E-state index contributed by atoms with van der Waals surface area (Å²) in [5.74, 6) is 0.674. The molecule has 1 amide bonds. The van der Waals surface area contributed by atoms with E-state index in [-0.39, 0.29) is 11.9 Å². The number of amides is 1. The first kappa shape index (κ1) is 14.8. The molecule has 2 rings (SSSR count). The van der Waals surface area contributed by atoms with Crippen LogP contribution in [0, 0.1) is 0 Å². The van der Waals surface area contributed by atoms with E-state index in [4.69, 9.17) is 15.2 Å². The summed E-state index contributed by atoms with van der Waals surface area (Å²) in [5, 5.41) is 0. The number of rotatable bonds is 4. The number of morpholine rings is 1. The van der Waals surface area contributed by atoms with Gasteiger partial charge in [-0.15, -0.1) is 0 Å². The molecule has 5 nitrogen and oxygen atoms in total. The minimum absolute atomic E-state index is 0.000463. The third kappa shape index (κ3) is 3.71. The van der Waals surface area contributed by atoms with E-state index in [0.29, 0.717) is 32.1 Å². The summed E-state index contributed by atoms with van der Waals surface area (Å²) >= 11 is 0. The van der Waals surface area contributed by atoms with Crippen LogP contribution in [0.15, 0.2) is 24.3 Å². The number of ether oxygens (including phenoxy) is 2. The van der Waals surface area contributed by atoms with Crippen molar-refractivity contribution in [2.75, 3.05) is 26.3 Å². The second-order valence-electron chi connectivity index (χ2n) is 5.06. The van der Waals surface area contributed by atoms with Gasteiger partial charge in [-0.1, -0.05) is 12.1 Å². The number of carbonyl (C=O) groups is 1. The fraction of sp³-hybridized carbons (Fsp3) is 0.533. The first-order valence-electron chi connectivity index (χ1n) is 6.96. The monoisotopic (exact) mass is 278 g/mol. The summed E-state index contributed by atoms with van der Waals surface area (Å²) in [6, 6.07) is 7.51. The molecule has 0 bridgehead atoms. The minimum atomic E-state index is -0.503. The third-order valence-electron chi connectivity index (χ3n) is 3.37. The predicted octanol–water partition coefficient (Wildman–Crippen LogP) is 1.33. The molecule has 2 N–H and O–H groups in total. The smallest absolute Gasteiger partial charge is 0.263 e. The van der Waals surface area contributed by atoms with Crippen LogP contribution < -0.4 is 10.5 Å². The summed E-state index contributed by atoms with van der Waals surface area (Å²) in [6.07, 6.45) is -0.503. The highest BCUT2D eigenvalue weighted by atomic mass is 16.5. The van der Waals surface area contributed by atoms with Crippen LogP contribution in [-0.4, -0.2) is 43.2 Å². The van der Waals surface area contributed by atoms with Crippen LogP contribution in [0.3, 0.4) is 0 Å².